The number of aryl methyl sites for hydroxylation is 2. The normalized spacial score (nSPS) is 10.7. The van der Waals surface area contributed by atoms with Crippen molar-refractivity contribution >= 4 is 34.9 Å². The Labute approximate surface area is 170 Å². The largest absolute Gasteiger partial charge is 0.441 e. The lowest BCUT2D eigenvalue weighted by molar-refractivity contribution is -0.385. The van der Waals surface area contributed by atoms with Crippen LogP contribution in [0.4, 0.5) is 5.69 Å². The lowest BCUT2D eigenvalue weighted by Crippen LogP contribution is -2.09. The second-order valence-corrected chi connectivity index (χ2v) is 6.77. The van der Waals surface area contributed by atoms with E-state index in [9.17, 15) is 14.9 Å². The van der Waals surface area contributed by atoms with Crippen LogP contribution in [0.1, 0.15) is 17.9 Å². The molecule has 1 aromatic heterocycles. The molecule has 9 heteroatoms. The zero-order valence-corrected chi connectivity index (χ0v) is 16.2. The molecule has 0 saturated heterocycles. The number of carbonyl (C=O) groups is 1. The van der Waals surface area contributed by atoms with Crippen molar-refractivity contribution in [1.82, 2.24) is 4.98 Å². The molecule has 3 aromatic rings. The zero-order chi connectivity index (χ0) is 20.3. The number of aromatic nitrogens is 1. The molecule has 0 atom stereocenters. The maximum absolute atomic E-state index is 12.0. The quantitative estimate of drug-likeness (QED) is 0.229. The molecule has 0 fully saturated rings. The van der Waals surface area contributed by atoms with Crippen LogP contribution in [-0.2, 0) is 11.2 Å². The van der Waals surface area contributed by atoms with Gasteiger partial charge in [0.25, 0.3) is 5.69 Å². The van der Waals surface area contributed by atoms with E-state index in [4.69, 9.17) is 32.4 Å². The SMILES string of the molecule is Cc1cc(OC(=O)CCc2ncc(-c3ccc(Cl)cc3Cl)o2)ccc1[N+](=O)[O-]. The van der Waals surface area contributed by atoms with Crippen molar-refractivity contribution in [1.29, 1.82) is 0 Å². The number of esters is 1. The third-order valence-corrected chi connectivity index (χ3v) is 4.44. The number of hydrogen-bond acceptors (Lipinski definition) is 6. The molecule has 28 heavy (non-hydrogen) atoms. The van der Waals surface area contributed by atoms with Gasteiger partial charge < -0.3 is 9.15 Å². The Hall–Kier alpha value is -2.90. The van der Waals surface area contributed by atoms with Gasteiger partial charge in [0.1, 0.15) is 5.75 Å². The van der Waals surface area contributed by atoms with Crippen LogP contribution in [-0.4, -0.2) is 15.9 Å². The number of nitro groups is 1. The molecule has 0 radical (unpaired) electrons. The van der Waals surface area contributed by atoms with Gasteiger partial charge in [-0.3, -0.25) is 14.9 Å². The highest BCUT2D eigenvalue weighted by molar-refractivity contribution is 6.36. The third-order valence-electron chi connectivity index (χ3n) is 3.89. The number of ether oxygens (including phenoxy) is 1. The first kappa shape index (κ1) is 19.9. The number of halogens is 2. The van der Waals surface area contributed by atoms with Crippen molar-refractivity contribution in [3.8, 4) is 17.1 Å². The highest BCUT2D eigenvalue weighted by Gasteiger charge is 2.15. The van der Waals surface area contributed by atoms with Gasteiger partial charge in [-0.2, -0.15) is 0 Å². The van der Waals surface area contributed by atoms with Gasteiger partial charge in [-0.15, -0.1) is 0 Å². The van der Waals surface area contributed by atoms with Crippen LogP contribution in [0.3, 0.4) is 0 Å². The van der Waals surface area contributed by atoms with Crippen molar-refractivity contribution in [2.24, 2.45) is 0 Å². The lowest BCUT2D eigenvalue weighted by Gasteiger charge is -2.05. The van der Waals surface area contributed by atoms with Crippen molar-refractivity contribution in [2.45, 2.75) is 19.8 Å². The molecule has 0 aliphatic rings. The van der Waals surface area contributed by atoms with Crippen LogP contribution in [0, 0.1) is 17.0 Å². The first-order valence-corrected chi connectivity index (χ1v) is 8.95. The Kier molecular flexibility index (Phi) is 5.96. The van der Waals surface area contributed by atoms with E-state index >= 15 is 0 Å². The predicted octanol–water partition coefficient (Wildman–Crippen LogP) is 5.40. The summed E-state index contributed by atoms with van der Waals surface area (Å²) in [6.07, 6.45) is 1.79. The molecule has 1 heterocycles. The molecule has 0 N–H and O–H groups in total. The maximum Gasteiger partial charge on any atom is 0.311 e. The minimum Gasteiger partial charge on any atom is -0.441 e. The fourth-order valence-electron chi connectivity index (χ4n) is 2.53. The molecule has 7 nitrogen and oxygen atoms in total. The van der Waals surface area contributed by atoms with E-state index in [0.29, 0.717) is 32.8 Å². The highest BCUT2D eigenvalue weighted by atomic mass is 35.5. The molecule has 0 unspecified atom stereocenters. The average Bonchev–Trinajstić information content (AvgIpc) is 3.08. The summed E-state index contributed by atoms with van der Waals surface area (Å²) in [5.41, 5.74) is 1.02. The number of benzene rings is 2. The van der Waals surface area contributed by atoms with Gasteiger partial charge in [0.15, 0.2) is 11.7 Å². The molecule has 3 rings (SSSR count). The van der Waals surface area contributed by atoms with Crippen LogP contribution < -0.4 is 4.74 Å². The third kappa shape index (κ3) is 4.68. The predicted molar refractivity (Wildman–Crippen MR) is 104 cm³/mol. The summed E-state index contributed by atoms with van der Waals surface area (Å²) in [4.78, 5) is 26.5. The molecule has 2 aromatic carbocycles. The molecule has 0 bridgehead atoms. The Balaban J connectivity index is 1.60. The standard InChI is InChI=1S/C19H14Cl2N2O5/c1-11-8-13(3-5-16(11)23(25)26)27-19(24)7-6-18-22-10-17(28-18)14-4-2-12(20)9-15(14)21/h2-5,8-10H,6-7H2,1H3. The summed E-state index contributed by atoms with van der Waals surface area (Å²) in [5.74, 6) is 0.570. The van der Waals surface area contributed by atoms with E-state index in [1.54, 1.807) is 25.1 Å². The van der Waals surface area contributed by atoms with Gasteiger partial charge in [-0.05, 0) is 37.3 Å². The summed E-state index contributed by atoms with van der Waals surface area (Å²) in [6, 6.07) is 9.14. The van der Waals surface area contributed by atoms with E-state index < -0.39 is 10.9 Å². The molecule has 0 aliphatic heterocycles. The van der Waals surface area contributed by atoms with Crippen molar-refractivity contribution < 1.29 is 18.9 Å². The van der Waals surface area contributed by atoms with E-state index in [1.165, 1.54) is 24.4 Å². The first-order valence-electron chi connectivity index (χ1n) is 8.19. The van der Waals surface area contributed by atoms with Crippen LogP contribution in [0.25, 0.3) is 11.3 Å². The molecule has 0 amide bonds. The van der Waals surface area contributed by atoms with Gasteiger partial charge in [0, 0.05) is 28.6 Å². The number of hydrogen-bond donors (Lipinski definition) is 0. The number of carbonyl (C=O) groups excluding carboxylic acids is 1. The lowest BCUT2D eigenvalue weighted by atomic mass is 10.2. The minimum absolute atomic E-state index is 0.0321. The van der Waals surface area contributed by atoms with Crippen LogP contribution >= 0.6 is 23.2 Å². The molecular formula is C19H14Cl2N2O5. The van der Waals surface area contributed by atoms with Crippen molar-refractivity contribution in [2.75, 3.05) is 0 Å². The second kappa shape index (κ2) is 8.41. The number of oxazole rings is 1. The second-order valence-electron chi connectivity index (χ2n) is 5.92. The van der Waals surface area contributed by atoms with Gasteiger partial charge >= 0.3 is 5.97 Å². The van der Waals surface area contributed by atoms with Crippen LogP contribution in [0.5, 0.6) is 5.75 Å². The molecule has 144 valence electrons. The van der Waals surface area contributed by atoms with Gasteiger partial charge in [0.05, 0.1) is 22.6 Å². The molecule has 0 aliphatic carbocycles. The fraction of sp³-hybridized carbons (Fsp3) is 0.158. The number of rotatable bonds is 6. The van der Waals surface area contributed by atoms with Gasteiger partial charge in [-0.25, -0.2) is 4.98 Å². The first-order chi connectivity index (χ1) is 13.3. The fourth-order valence-corrected chi connectivity index (χ4v) is 3.03. The zero-order valence-electron chi connectivity index (χ0n) is 14.6. The molecular weight excluding hydrogens is 407 g/mol. The smallest absolute Gasteiger partial charge is 0.311 e. The highest BCUT2D eigenvalue weighted by Crippen LogP contribution is 2.31. The van der Waals surface area contributed by atoms with E-state index in [1.807, 2.05) is 0 Å². The Morgan fingerprint density at radius 3 is 2.71 bits per heavy atom. The Morgan fingerprint density at radius 2 is 2.04 bits per heavy atom. The van der Waals surface area contributed by atoms with Crippen molar-refractivity contribution in [3.63, 3.8) is 0 Å². The maximum atomic E-state index is 12.0. The monoisotopic (exact) mass is 420 g/mol. The summed E-state index contributed by atoms with van der Waals surface area (Å²) in [6.45, 7) is 1.58. The van der Waals surface area contributed by atoms with E-state index in [0.717, 1.165) is 0 Å². The van der Waals surface area contributed by atoms with Gasteiger partial charge in [-0.1, -0.05) is 23.2 Å². The van der Waals surface area contributed by atoms with Crippen molar-refractivity contribution in [3.05, 3.63) is 74.2 Å². The molecule has 0 saturated carbocycles. The Bertz CT molecular complexity index is 1050. The van der Waals surface area contributed by atoms with Crippen LogP contribution in [0.2, 0.25) is 10.0 Å². The van der Waals surface area contributed by atoms with E-state index in [-0.39, 0.29) is 24.3 Å². The number of nitro benzene ring substituents is 1. The topological polar surface area (TPSA) is 95.5 Å². The summed E-state index contributed by atoms with van der Waals surface area (Å²) < 4.78 is 10.8. The summed E-state index contributed by atoms with van der Waals surface area (Å²) >= 11 is 12.0. The minimum atomic E-state index is -0.502. The molecule has 0 spiro atoms. The number of nitrogens with zero attached hydrogens (tertiary/aromatic N) is 2. The van der Waals surface area contributed by atoms with Crippen LogP contribution in [0.15, 0.2) is 47.0 Å². The van der Waals surface area contributed by atoms with Gasteiger partial charge in [0.2, 0.25) is 0 Å². The summed E-state index contributed by atoms with van der Waals surface area (Å²) in [5, 5.41) is 11.8. The summed E-state index contributed by atoms with van der Waals surface area (Å²) in [7, 11) is 0. The Morgan fingerprint density at radius 1 is 1.25 bits per heavy atom. The average molecular weight is 421 g/mol. The van der Waals surface area contributed by atoms with E-state index in [2.05, 4.69) is 4.98 Å².